The quantitative estimate of drug-likeness (QED) is 0.538. The van der Waals surface area contributed by atoms with Crippen LogP contribution < -0.4 is 30.5 Å². The largest absolute Gasteiger partial charge is 0.497 e. The SMILES string of the molecule is COc1ccc(NC(=O)CSC2=NC3NNCC3C(=O)N2c2ccc(Br)cc2)c(OC)c1. The van der Waals surface area contributed by atoms with Gasteiger partial charge in [-0.05, 0) is 36.4 Å². The predicted octanol–water partition coefficient (Wildman–Crippen LogP) is 2.59. The number of aliphatic imine (C=N–C) groups is 1. The molecule has 1 saturated heterocycles. The number of carbonyl (C=O) groups is 2. The smallest absolute Gasteiger partial charge is 0.241 e. The number of amides is 2. The number of hydrogen-bond donors (Lipinski definition) is 3. The minimum Gasteiger partial charge on any atom is -0.497 e. The number of nitrogens with zero attached hydrogens (tertiary/aromatic N) is 2. The topological polar surface area (TPSA) is 104 Å². The van der Waals surface area contributed by atoms with Crippen molar-refractivity contribution in [2.24, 2.45) is 10.9 Å². The molecule has 2 atom stereocenters. The molecular formula is C21H22BrN5O4S. The van der Waals surface area contributed by atoms with Gasteiger partial charge in [-0.15, -0.1) is 0 Å². The summed E-state index contributed by atoms with van der Waals surface area (Å²) in [6, 6.07) is 12.6. The summed E-state index contributed by atoms with van der Waals surface area (Å²) in [4.78, 5) is 32.1. The Balaban J connectivity index is 1.50. The zero-order chi connectivity index (χ0) is 22.7. The van der Waals surface area contributed by atoms with Crippen molar-refractivity contribution >= 4 is 56.0 Å². The summed E-state index contributed by atoms with van der Waals surface area (Å²) < 4.78 is 11.4. The Bertz CT molecular complexity index is 1050. The van der Waals surface area contributed by atoms with E-state index in [0.717, 1.165) is 4.47 Å². The van der Waals surface area contributed by atoms with E-state index in [1.807, 2.05) is 24.3 Å². The van der Waals surface area contributed by atoms with E-state index in [9.17, 15) is 9.59 Å². The van der Waals surface area contributed by atoms with Gasteiger partial charge in [0.2, 0.25) is 11.8 Å². The number of benzene rings is 2. The molecule has 4 rings (SSSR count). The molecule has 2 amide bonds. The van der Waals surface area contributed by atoms with Gasteiger partial charge >= 0.3 is 0 Å². The normalized spacial score (nSPS) is 19.9. The first-order chi connectivity index (χ1) is 15.5. The lowest BCUT2D eigenvalue weighted by Gasteiger charge is -2.32. The molecule has 2 unspecified atom stereocenters. The fourth-order valence-corrected chi connectivity index (χ4v) is 4.52. The number of hydrazine groups is 1. The first-order valence-corrected chi connectivity index (χ1v) is 11.6. The fraction of sp³-hybridized carbons (Fsp3) is 0.286. The summed E-state index contributed by atoms with van der Waals surface area (Å²) >= 11 is 4.62. The summed E-state index contributed by atoms with van der Waals surface area (Å²) in [5.41, 5.74) is 7.25. The maximum Gasteiger partial charge on any atom is 0.241 e. The van der Waals surface area contributed by atoms with Gasteiger partial charge in [-0.2, -0.15) is 0 Å². The van der Waals surface area contributed by atoms with Gasteiger partial charge < -0.3 is 14.8 Å². The van der Waals surface area contributed by atoms with E-state index < -0.39 is 0 Å². The predicted molar refractivity (Wildman–Crippen MR) is 128 cm³/mol. The van der Waals surface area contributed by atoms with Crippen molar-refractivity contribution < 1.29 is 19.1 Å². The summed E-state index contributed by atoms with van der Waals surface area (Å²) in [5.74, 6) is 0.572. The van der Waals surface area contributed by atoms with Crippen LogP contribution in [-0.2, 0) is 9.59 Å². The number of fused-ring (bicyclic) bond motifs is 1. The molecule has 0 spiro atoms. The highest BCUT2D eigenvalue weighted by molar-refractivity contribution is 9.10. The highest BCUT2D eigenvalue weighted by atomic mass is 79.9. The molecule has 9 nitrogen and oxygen atoms in total. The molecule has 2 aromatic carbocycles. The molecule has 2 aliphatic heterocycles. The Labute approximate surface area is 198 Å². The van der Waals surface area contributed by atoms with Crippen molar-refractivity contribution in [3.8, 4) is 11.5 Å². The van der Waals surface area contributed by atoms with E-state index >= 15 is 0 Å². The average Bonchev–Trinajstić information content (AvgIpc) is 3.28. The standard InChI is InChI=1S/C21H22BrN5O4S/c1-30-14-7-8-16(17(9-14)31-2)24-18(28)11-32-21-25-19-15(10-23-26-19)20(29)27(21)13-5-3-12(22)4-6-13/h3-9,15,19,23,26H,10-11H2,1-2H3,(H,24,28). The molecule has 168 valence electrons. The zero-order valence-electron chi connectivity index (χ0n) is 17.4. The number of anilines is 2. The number of nitrogens with one attached hydrogen (secondary N) is 3. The Kier molecular flexibility index (Phi) is 6.99. The van der Waals surface area contributed by atoms with E-state index in [-0.39, 0.29) is 29.7 Å². The van der Waals surface area contributed by atoms with Crippen molar-refractivity contribution in [2.75, 3.05) is 36.7 Å². The highest BCUT2D eigenvalue weighted by Crippen LogP contribution is 2.31. The molecule has 0 radical (unpaired) electrons. The molecule has 0 bridgehead atoms. The third kappa shape index (κ3) is 4.75. The number of ether oxygens (including phenoxy) is 2. The van der Waals surface area contributed by atoms with Gasteiger partial charge in [0.15, 0.2) is 5.17 Å². The van der Waals surface area contributed by atoms with Gasteiger partial charge in [-0.1, -0.05) is 27.7 Å². The van der Waals surface area contributed by atoms with Crippen LogP contribution in [0.2, 0.25) is 0 Å². The van der Waals surface area contributed by atoms with Crippen LogP contribution in [0.15, 0.2) is 51.9 Å². The van der Waals surface area contributed by atoms with Crippen LogP contribution in [0.4, 0.5) is 11.4 Å². The number of methoxy groups -OCH3 is 2. The van der Waals surface area contributed by atoms with Gasteiger partial charge in [0, 0.05) is 17.1 Å². The van der Waals surface area contributed by atoms with Crippen LogP contribution in [0.25, 0.3) is 0 Å². The molecule has 11 heteroatoms. The van der Waals surface area contributed by atoms with Gasteiger partial charge in [-0.25, -0.2) is 10.4 Å². The minimum atomic E-state index is -0.360. The lowest BCUT2D eigenvalue weighted by molar-refractivity contribution is -0.121. The zero-order valence-corrected chi connectivity index (χ0v) is 19.8. The van der Waals surface area contributed by atoms with Gasteiger partial charge in [0.1, 0.15) is 17.7 Å². The van der Waals surface area contributed by atoms with E-state index in [0.29, 0.717) is 34.6 Å². The Morgan fingerprint density at radius 1 is 1.25 bits per heavy atom. The molecule has 0 aliphatic carbocycles. The lowest BCUT2D eigenvalue weighted by atomic mass is 10.0. The maximum absolute atomic E-state index is 13.2. The third-order valence-corrected chi connectivity index (χ3v) is 6.51. The van der Waals surface area contributed by atoms with Crippen molar-refractivity contribution in [1.82, 2.24) is 10.9 Å². The molecule has 2 aromatic rings. The second-order valence-corrected chi connectivity index (χ2v) is 8.90. The number of rotatable bonds is 6. The number of carbonyl (C=O) groups excluding carboxylic acids is 2. The van der Waals surface area contributed by atoms with Crippen LogP contribution in [-0.4, -0.2) is 49.7 Å². The highest BCUT2D eigenvalue weighted by Gasteiger charge is 2.42. The first kappa shape index (κ1) is 22.6. The molecule has 0 saturated carbocycles. The van der Waals surface area contributed by atoms with Crippen LogP contribution in [0.3, 0.4) is 0 Å². The van der Waals surface area contributed by atoms with Crippen LogP contribution >= 0.6 is 27.7 Å². The molecular weight excluding hydrogens is 498 g/mol. The van der Waals surface area contributed by atoms with E-state index in [4.69, 9.17) is 9.47 Å². The van der Waals surface area contributed by atoms with E-state index in [1.54, 1.807) is 30.2 Å². The van der Waals surface area contributed by atoms with Crippen LogP contribution in [0.1, 0.15) is 0 Å². The number of amidine groups is 1. The van der Waals surface area contributed by atoms with E-state index in [2.05, 4.69) is 37.1 Å². The van der Waals surface area contributed by atoms with Crippen molar-refractivity contribution in [1.29, 1.82) is 0 Å². The molecule has 1 fully saturated rings. The van der Waals surface area contributed by atoms with Crippen LogP contribution in [0.5, 0.6) is 11.5 Å². The molecule has 32 heavy (non-hydrogen) atoms. The van der Waals surface area contributed by atoms with Gasteiger partial charge in [0.05, 0.1) is 37.3 Å². The van der Waals surface area contributed by atoms with E-state index in [1.165, 1.54) is 18.9 Å². The summed E-state index contributed by atoms with van der Waals surface area (Å²) in [6.07, 6.45) is -0.360. The summed E-state index contributed by atoms with van der Waals surface area (Å²) in [7, 11) is 3.09. The number of halogens is 1. The number of thioether (sulfide) groups is 1. The first-order valence-electron chi connectivity index (χ1n) is 9.80. The molecule has 3 N–H and O–H groups in total. The average molecular weight is 520 g/mol. The third-order valence-electron chi connectivity index (χ3n) is 5.03. The van der Waals surface area contributed by atoms with Gasteiger partial charge in [0.25, 0.3) is 0 Å². The van der Waals surface area contributed by atoms with Crippen molar-refractivity contribution in [3.63, 3.8) is 0 Å². The number of hydrogen-bond acceptors (Lipinski definition) is 8. The minimum absolute atomic E-state index is 0.0652. The molecule has 2 heterocycles. The van der Waals surface area contributed by atoms with Crippen molar-refractivity contribution in [3.05, 3.63) is 46.9 Å². The maximum atomic E-state index is 13.2. The van der Waals surface area contributed by atoms with Crippen molar-refractivity contribution in [2.45, 2.75) is 6.17 Å². The summed E-state index contributed by atoms with van der Waals surface area (Å²) in [6.45, 7) is 0.496. The monoisotopic (exact) mass is 519 g/mol. The molecule has 2 aliphatic rings. The fourth-order valence-electron chi connectivity index (χ4n) is 3.41. The Morgan fingerprint density at radius 3 is 2.75 bits per heavy atom. The summed E-state index contributed by atoms with van der Waals surface area (Å²) in [5, 5.41) is 3.30. The Hall–Kier alpha value is -2.60. The van der Waals surface area contributed by atoms with Crippen LogP contribution in [0, 0.1) is 5.92 Å². The molecule has 0 aromatic heterocycles. The lowest BCUT2D eigenvalue weighted by Crippen LogP contribution is -2.49. The second-order valence-electron chi connectivity index (χ2n) is 7.04. The van der Waals surface area contributed by atoms with Gasteiger partial charge in [-0.3, -0.25) is 19.9 Å². The Morgan fingerprint density at radius 2 is 2.03 bits per heavy atom. The second kappa shape index (κ2) is 9.90.